The van der Waals surface area contributed by atoms with Crippen LogP contribution >= 0.6 is 0 Å². The zero-order valence-corrected chi connectivity index (χ0v) is 18.2. The summed E-state index contributed by atoms with van der Waals surface area (Å²) < 4.78 is 50.8. The fourth-order valence-corrected chi connectivity index (χ4v) is 5.08. The summed E-state index contributed by atoms with van der Waals surface area (Å²) >= 11 is 0. The van der Waals surface area contributed by atoms with Gasteiger partial charge < -0.3 is 10.6 Å². The van der Waals surface area contributed by atoms with E-state index < -0.39 is 22.5 Å². The van der Waals surface area contributed by atoms with Gasteiger partial charge in [-0.3, -0.25) is 9.20 Å². The molecule has 2 rings (SSSR count). The van der Waals surface area contributed by atoms with Gasteiger partial charge in [0, 0.05) is 41.4 Å². The van der Waals surface area contributed by atoms with E-state index in [4.69, 9.17) is 0 Å². The van der Waals surface area contributed by atoms with Crippen LogP contribution in [0.15, 0.2) is 29.3 Å². The van der Waals surface area contributed by atoms with Crippen LogP contribution in [0.1, 0.15) is 63.0 Å². The Morgan fingerprint density at radius 2 is 2.10 bits per heavy atom. The van der Waals surface area contributed by atoms with Crippen LogP contribution < -0.4 is 10.6 Å². The highest BCUT2D eigenvalue weighted by molar-refractivity contribution is 7.85. The Morgan fingerprint density at radius 1 is 1.34 bits per heavy atom. The zero-order valence-electron chi connectivity index (χ0n) is 17.4. The molecule has 0 spiro atoms. The highest BCUT2D eigenvalue weighted by Gasteiger charge is 2.30. The average Bonchev–Trinajstić information content (AvgIpc) is 2.72. The van der Waals surface area contributed by atoms with Crippen molar-refractivity contribution in [2.45, 2.75) is 69.3 Å². The molecule has 0 aromatic heterocycles. The average molecular weight is 432 g/mol. The molecule has 0 radical (unpaired) electrons. The first kappa shape index (κ1) is 23.7. The fourth-order valence-electron chi connectivity index (χ4n) is 3.73. The molecule has 1 saturated carbocycles. The van der Waals surface area contributed by atoms with Crippen LogP contribution in [0.2, 0.25) is 0 Å². The quantitative estimate of drug-likeness (QED) is 0.496. The number of hydrogen-bond acceptors (Lipinski definition) is 2. The minimum absolute atomic E-state index is 0.00561. The number of halogens is 3. The number of benzene rings is 1. The van der Waals surface area contributed by atoms with E-state index in [0.29, 0.717) is 30.2 Å². The molecule has 4 atom stereocenters. The molecule has 0 heterocycles. The molecule has 1 aliphatic rings. The lowest BCUT2D eigenvalue weighted by atomic mass is 9.95. The Morgan fingerprint density at radius 3 is 2.76 bits per heavy atom. The predicted octanol–water partition coefficient (Wildman–Crippen LogP) is 4.44. The molecule has 1 aliphatic carbocycles. The third-order valence-corrected chi connectivity index (χ3v) is 7.24. The summed E-state index contributed by atoms with van der Waals surface area (Å²) in [6.07, 6.45) is 0.339. The molecular formula is C21H32F3N3OS. The molecule has 1 aromatic rings. The second kappa shape index (κ2) is 11.0. The maximum absolute atomic E-state index is 12.9. The number of hydrogen-bond donors (Lipinski definition) is 2. The summed E-state index contributed by atoms with van der Waals surface area (Å²) in [5.41, 5.74) is 0.0744. The molecule has 0 bridgehead atoms. The normalized spacial score (nSPS) is 22.8. The number of guanidine groups is 1. The van der Waals surface area contributed by atoms with E-state index in [1.807, 2.05) is 13.8 Å². The predicted molar refractivity (Wildman–Crippen MR) is 114 cm³/mol. The summed E-state index contributed by atoms with van der Waals surface area (Å²) in [5.74, 6) is 1.38. The Kier molecular flexibility index (Phi) is 8.99. The van der Waals surface area contributed by atoms with Crippen molar-refractivity contribution in [1.82, 2.24) is 10.6 Å². The first-order chi connectivity index (χ1) is 13.7. The zero-order chi connectivity index (χ0) is 21.4. The van der Waals surface area contributed by atoms with Gasteiger partial charge in [-0.25, -0.2) is 0 Å². The van der Waals surface area contributed by atoms with Crippen LogP contribution in [0, 0.1) is 0 Å². The molecule has 164 valence electrons. The Hall–Kier alpha value is -1.57. The lowest BCUT2D eigenvalue weighted by Gasteiger charge is -2.30. The van der Waals surface area contributed by atoms with Crippen LogP contribution in [0.3, 0.4) is 0 Å². The lowest BCUT2D eigenvalue weighted by molar-refractivity contribution is -0.137. The van der Waals surface area contributed by atoms with Crippen molar-refractivity contribution in [3.63, 3.8) is 0 Å². The molecule has 0 aliphatic heterocycles. The molecule has 4 unspecified atom stereocenters. The highest BCUT2D eigenvalue weighted by atomic mass is 32.2. The summed E-state index contributed by atoms with van der Waals surface area (Å²) in [4.78, 5) is 4.26. The maximum atomic E-state index is 12.9. The Bertz CT molecular complexity index is 709. The monoisotopic (exact) mass is 431 g/mol. The number of nitrogens with zero attached hydrogens (tertiary/aromatic N) is 1. The van der Waals surface area contributed by atoms with E-state index in [0.717, 1.165) is 31.7 Å². The molecule has 1 aromatic carbocycles. The van der Waals surface area contributed by atoms with Crippen molar-refractivity contribution >= 4 is 16.8 Å². The molecule has 1 fully saturated rings. The second-order valence-corrected chi connectivity index (χ2v) is 9.62. The second-order valence-electron chi connectivity index (χ2n) is 7.61. The van der Waals surface area contributed by atoms with Crippen molar-refractivity contribution in [1.29, 1.82) is 0 Å². The molecule has 29 heavy (non-hydrogen) atoms. The van der Waals surface area contributed by atoms with E-state index in [1.165, 1.54) is 12.1 Å². The standard InChI is InChI=1S/C21H32F3N3OS/c1-4-29(28)19-10-6-9-18(14-19)27-20(25-3)26-12-11-15(2)16-7-5-8-17(13-16)21(22,23)24/h5,7-8,13,15,18-19H,4,6,9-12,14H2,1-3H3,(H2,25,26,27). The van der Waals surface area contributed by atoms with Gasteiger partial charge in [0.05, 0.1) is 5.56 Å². The summed E-state index contributed by atoms with van der Waals surface area (Å²) in [5, 5.41) is 6.91. The minimum Gasteiger partial charge on any atom is -0.356 e. The van der Waals surface area contributed by atoms with Crippen LogP contribution in [0.5, 0.6) is 0 Å². The lowest BCUT2D eigenvalue weighted by Crippen LogP contribution is -2.46. The van der Waals surface area contributed by atoms with E-state index in [9.17, 15) is 17.4 Å². The maximum Gasteiger partial charge on any atom is 0.416 e. The minimum atomic E-state index is -4.32. The van der Waals surface area contributed by atoms with Gasteiger partial charge in [0.1, 0.15) is 0 Å². The largest absolute Gasteiger partial charge is 0.416 e. The van der Waals surface area contributed by atoms with E-state index in [-0.39, 0.29) is 17.2 Å². The molecule has 8 heteroatoms. The molecule has 4 nitrogen and oxygen atoms in total. The Balaban J connectivity index is 1.83. The SMILES string of the molecule is CCS(=O)C1CCCC(NC(=NC)NCCC(C)c2cccc(C(F)(F)F)c2)C1. The van der Waals surface area contributed by atoms with Crippen LogP contribution in [-0.2, 0) is 17.0 Å². The van der Waals surface area contributed by atoms with E-state index >= 15 is 0 Å². The van der Waals surface area contributed by atoms with Gasteiger partial charge in [0.15, 0.2) is 5.96 Å². The van der Waals surface area contributed by atoms with Crippen molar-refractivity contribution in [2.24, 2.45) is 4.99 Å². The van der Waals surface area contributed by atoms with Gasteiger partial charge in [-0.1, -0.05) is 38.5 Å². The van der Waals surface area contributed by atoms with Crippen LogP contribution in [-0.4, -0.2) is 40.8 Å². The van der Waals surface area contributed by atoms with Crippen LogP contribution in [0.4, 0.5) is 13.2 Å². The first-order valence-corrected chi connectivity index (χ1v) is 11.6. The molecule has 0 saturated heterocycles. The highest BCUT2D eigenvalue weighted by Crippen LogP contribution is 2.31. The van der Waals surface area contributed by atoms with Gasteiger partial charge in [-0.2, -0.15) is 13.2 Å². The summed E-state index contributed by atoms with van der Waals surface area (Å²) in [6.45, 7) is 4.49. The Labute approximate surface area is 174 Å². The van der Waals surface area contributed by atoms with Gasteiger partial charge in [-0.15, -0.1) is 0 Å². The molecule has 2 N–H and O–H groups in total. The van der Waals surface area contributed by atoms with Crippen LogP contribution in [0.25, 0.3) is 0 Å². The van der Waals surface area contributed by atoms with Gasteiger partial charge in [0.25, 0.3) is 0 Å². The topological polar surface area (TPSA) is 53.5 Å². The number of aliphatic imine (C=N–C) groups is 1. The number of rotatable bonds is 7. The summed E-state index contributed by atoms with van der Waals surface area (Å²) in [6, 6.07) is 5.78. The van der Waals surface area contributed by atoms with Crippen molar-refractivity contribution in [3.05, 3.63) is 35.4 Å². The number of nitrogens with one attached hydrogen (secondary N) is 2. The van der Waals surface area contributed by atoms with E-state index in [1.54, 1.807) is 13.1 Å². The molecular weight excluding hydrogens is 399 g/mol. The van der Waals surface area contributed by atoms with Gasteiger partial charge in [0.2, 0.25) is 0 Å². The first-order valence-electron chi connectivity index (χ1n) is 10.3. The third kappa shape index (κ3) is 7.32. The van der Waals surface area contributed by atoms with Gasteiger partial charge in [-0.05, 0) is 43.2 Å². The molecule has 0 amide bonds. The summed E-state index contributed by atoms with van der Waals surface area (Å²) in [7, 11) is 0.932. The van der Waals surface area contributed by atoms with Gasteiger partial charge >= 0.3 is 6.18 Å². The third-order valence-electron chi connectivity index (χ3n) is 5.50. The fraction of sp³-hybridized carbons (Fsp3) is 0.667. The van der Waals surface area contributed by atoms with Crippen molar-refractivity contribution in [2.75, 3.05) is 19.3 Å². The number of alkyl halides is 3. The van der Waals surface area contributed by atoms with E-state index in [2.05, 4.69) is 15.6 Å². The van der Waals surface area contributed by atoms with Crippen molar-refractivity contribution in [3.8, 4) is 0 Å². The van der Waals surface area contributed by atoms with Crippen molar-refractivity contribution < 1.29 is 17.4 Å². The smallest absolute Gasteiger partial charge is 0.356 e.